The van der Waals surface area contributed by atoms with E-state index in [2.05, 4.69) is 41.1 Å². The van der Waals surface area contributed by atoms with E-state index < -0.39 is 0 Å². The van der Waals surface area contributed by atoms with Gasteiger partial charge in [0.25, 0.3) is 0 Å². The Morgan fingerprint density at radius 2 is 1.67 bits per heavy atom. The molecule has 2 aliphatic heterocycles. The minimum absolute atomic E-state index is 0. The van der Waals surface area contributed by atoms with Gasteiger partial charge in [-0.15, -0.1) is 0 Å². The number of fused-ring (bicyclic) bond motifs is 6. The summed E-state index contributed by atoms with van der Waals surface area (Å²) in [4.78, 5) is 12.7. The second-order valence-electron chi connectivity index (χ2n) is 10.6. The fourth-order valence-corrected chi connectivity index (χ4v) is 6.49. The normalized spacial score (nSPS) is 12.8. The van der Waals surface area contributed by atoms with Gasteiger partial charge in [0.05, 0.1) is 37.3 Å². The summed E-state index contributed by atoms with van der Waals surface area (Å²) < 4.78 is 30.7. The number of nitrogens with zero attached hydrogens (tertiary/aromatic N) is 1. The molecule has 1 aromatic heterocycles. The molecule has 7 rings (SSSR count). The van der Waals surface area contributed by atoms with Crippen LogP contribution in [0.3, 0.4) is 0 Å². The van der Waals surface area contributed by atoms with Gasteiger partial charge in [-0.25, -0.2) is 4.79 Å². The summed E-state index contributed by atoms with van der Waals surface area (Å²) in [5.74, 6) is 2.73. The number of benzene rings is 4. The van der Waals surface area contributed by atoms with Crippen LogP contribution in [0, 0.1) is 0 Å². The van der Waals surface area contributed by atoms with Crippen LogP contribution in [0.15, 0.2) is 66.9 Å². The Bertz CT molecular complexity index is 1890. The van der Waals surface area contributed by atoms with E-state index in [0.29, 0.717) is 17.9 Å². The van der Waals surface area contributed by atoms with Crippen LogP contribution in [0.25, 0.3) is 32.8 Å². The molecule has 43 heavy (non-hydrogen) atoms. The number of carbonyl (C=O) groups is 1. The Hall–Kier alpha value is -4.05. The lowest BCUT2D eigenvalue weighted by Crippen LogP contribution is -3.00. The van der Waals surface area contributed by atoms with Crippen molar-refractivity contribution in [2.45, 2.75) is 32.7 Å². The van der Waals surface area contributed by atoms with E-state index in [0.717, 1.165) is 64.6 Å². The van der Waals surface area contributed by atoms with Gasteiger partial charge in [0.2, 0.25) is 12.5 Å². The van der Waals surface area contributed by atoms with Crippen molar-refractivity contribution in [3.63, 3.8) is 0 Å². The van der Waals surface area contributed by atoms with Gasteiger partial charge < -0.3 is 47.7 Å². The highest BCUT2D eigenvalue weighted by atomic mass is 127. The minimum Gasteiger partial charge on any atom is -1.00 e. The first-order valence-electron chi connectivity index (χ1n) is 14.3. The molecule has 0 saturated heterocycles. The molecule has 0 aliphatic carbocycles. The lowest BCUT2D eigenvalue weighted by molar-refractivity contribution is -0.686. The Balaban J connectivity index is 0.00000329. The van der Waals surface area contributed by atoms with Crippen LogP contribution >= 0.6 is 0 Å². The maximum atomic E-state index is 12.7. The number of esters is 1. The Morgan fingerprint density at radius 3 is 2.44 bits per heavy atom. The second kappa shape index (κ2) is 11.9. The molecule has 4 aromatic carbocycles. The Morgan fingerprint density at radius 1 is 0.884 bits per heavy atom. The highest BCUT2D eigenvalue weighted by Gasteiger charge is 2.32. The Labute approximate surface area is 267 Å². The van der Waals surface area contributed by atoms with Gasteiger partial charge in [-0.1, -0.05) is 30.3 Å². The van der Waals surface area contributed by atoms with Crippen molar-refractivity contribution in [2.75, 3.05) is 27.6 Å². The van der Waals surface area contributed by atoms with Crippen LogP contribution < -0.4 is 47.5 Å². The van der Waals surface area contributed by atoms with Gasteiger partial charge in [0, 0.05) is 17.4 Å². The maximum Gasteiger partial charge on any atom is 0.338 e. The summed E-state index contributed by atoms with van der Waals surface area (Å²) in [5.41, 5.74) is 6.60. The van der Waals surface area contributed by atoms with Crippen molar-refractivity contribution in [2.24, 2.45) is 0 Å². The van der Waals surface area contributed by atoms with E-state index in [9.17, 15) is 4.79 Å². The van der Waals surface area contributed by atoms with Crippen molar-refractivity contribution in [3.8, 4) is 34.3 Å². The maximum absolute atomic E-state index is 12.7. The standard InChI is InChI=1S/C35H32NO6.HI/c1-4-40-35(37)27-12-10-21(23-7-5-6-8-24(23)27)9-11-26-25-13-14-30(38-2)34(39-3)29(25)19-36-16-15-22-17-31-32(42-20-41-31)18-28(22)33(26)36;/h5-8,10,12-14,17-19H,4,9,11,15-16,20H2,1-3H3;1H/q+1;/p-1. The van der Waals surface area contributed by atoms with Crippen LogP contribution in [-0.2, 0) is 30.5 Å². The van der Waals surface area contributed by atoms with Gasteiger partial charge in [-0.2, -0.15) is 4.57 Å². The van der Waals surface area contributed by atoms with E-state index in [1.807, 2.05) is 37.3 Å². The van der Waals surface area contributed by atoms with E-state index in [4.69, 9.17) is 23.7 Å². The molecule has 0 bridgehead atoms. The number of ether oxygens (including phenoxy) is 5. The minimum atomic E-state index is -0.295. The van der Waals surface area contributed by atoms with Gasteiger partial charge in [-0.05, 0) is 72.0 Å². The number of aryl methyl sites for hydroxylation is 4. The molecular weight excluding hydrogens is 657 g/mol. The molecule has 5 aromatic rings. The topological polar surface area (TPSA) is 67.1 Å². The lowest BCUT2D eigenvalue weighted by Gasteiger charge is -2.21. The van der Waals surface area contributed by atoms with E-state index in [-0.39, 0.29) is 36.7 Å². The molecule has 0 amide bonds. The number of rotatable bonds is 7. The molecule has 0 unspecified atom stereocenters. The molecule has 0 N–H and O–H groups in total. The van der Waals surface area contributed by atoms with Crippen molar-refractivity contribution in [1.82, 2.24) is 0 Å². The first kappa shape index (κ1) is 29.0. The third-order valence-corrected chi connectivity index (χ3v) is 8.40. The molecule has 2 aliphatic rings. The molecule has 0 radical (unpaired) electrons. The summed E-state index contributed by atoms with van der Waals surface area (Å²) >= 11 is 0. The summed E-state index contributed by atoms with van der Waals surface area (Å²) in [6, 6.07) is 20.4. The molecule has 220 valence electrons. The smallest absolute Gasteiger partial charge is 0.338 e. The fourth-order valence-electron chi connectivity index (χ4n) is 6.49. The molecule has 8 heteroatoms. The first-order chi connectivity index (χ1) is 20.6. The van der Waals surface area contributed by atoms with Crippen LogP contribution in [0.1, 0.15) is 34.0 Å². The zero-order valence-electron chi connectivity index (χ0n) is 24.4. The molecule has 0 saturated carbocycles. The molecule has 0 fully saturated rings. The van der Waals surface area contributed by atoms with Crippen LogP contribution in [0.5, 0.6) is 23.0 Å². The predicted octanol–water partition coefficient (Wildman–Crippen LogP) is 3.22. The lowest BCUT2D eigenvalue weighted by atomic mass is 9.88. The van der Waals surface area contributed by atoms with Crippen molar-refractivity contribution < 1.29 is 57.0 Å². The van der Waals surface area contributed by atoms with Gasteiger partial charge >= 0.3 is 5.97 Å². The van der Waals surface area contributed by atoms with Crippen LogP contribution in [0.2, 0.25) is 0 Å². The van der Waals surface area contributed by atoms with E-state index >= 15 is 0 Å². The largest absolute Gasteiger partial charge is 1.00 e. The SMILES string of the molecule is CCOC(=O)c1ccc(CCc2c3[n+](cc4c(OC)c(OC)ccc24)CCc2cc4c(cc2-3)OCO4)c2ccccc12.[I-]. The first-order valence-corrected chi connectivity index (χ1v) is 14.3. The number of pyridine rings is 1. The van der Waals surface area contributed by atoms with Crippen molar-refractivity contribution >= 4 is 27.5 Å². The van der Waals surface area contributed by atoms with Crippen LogP contribution in [0.4, 0.5) is 0 Å². The average Bonchev–Trinajstić information content (AvgIpc) is 3.48. The molecule has 3 heterocycles. The third kappa shape index (κ3) is 4.91. The zero-order chi connectivity index (χ0) is 28.8. The van der Waals surface area contributed by atoms with Crippen molar-refractivity contribution in [1.29, 1.82) is 0 Å². The van der Waals surface area contributed by atoms with Crippen molar-refractivity contribution in [3.05, 3.63) is 89.1 Å². The second-order valence-corrected chi connectivity index (χ2v) is 10.6. The molecule has 0 atom stereocenters. The predicted molar refractivity (Wildman–Crippen MR) is 160 cm³/mol. The number of hydrogen-bond donors (Lipinski definition) is 0. The summed E-state index contributed by atoms with van der Waals surface area (Å²) in [7, 11) is 3.36. The highest BCUT2D eigenvalue weighted by molar-refractivity contribution is 6.05. The summed E-state index contributed by atoms with van der Waals surface area (Å²) in [5, 5.41) is 4.11. The van der Waals surface area contributed by atoms with Crippen LogP contribution in [-0.4, -0.2) is 33.6 Å². The monoisotopic (exact) mass is 689 g/mol. The van der Waals surface area contributed by atoms with Gasteiger partial charge in [0.1, 0.15) is 0 Å². The molecule has 7 nitrogen and oxygen atoms in total. The van der Waals surface area contributed by atoms with E-state index in [1.165, 1.54) is 27.9 Å². The number of carbonyl (C=O) groups excluding carboxylic acids is 1. The molecular formula is C35H32INO6. The quantitative estimate of drug-likeness (QED) is 0.149. The van der Waals surface area contributed by atoms with Gasteiger partial charge in [-0.3, -0.25) is 0 Å². The summed E-state index contributed by atoms with van der Waals surface area (Å²) in [6.45, 7) is 3.25. The summed E-state index contributed by atoms with van der Waals surface area (Å²) in [6.07, 6.45) is 4.64. The number of halogens is 1. The Kier molecular flexibility index (Phi) is 8.05. The number of aromatic nitrogens is 1. The van der Waals surface area contributed by atoms with Gasteiger partial charge in [0.15, 0.2) is 35.7 Å². The van der Waals surface area contributed by atoms with E-state index in [1.54, 1.807) is 14.2 Å². The third-order valence-electron chi connectivity index (χ3n) is 8.40. The molecule has 0 spiro atoms. The number of methoxy groups -OCH3 is 2. The highest BCUT2D eigenvalue weighted by Crippen LogP contribution is 2.44. The number of hydrogen-bond acceptors (Lipinski definition) is 6. The fraction of sp³-hybridized carbons (Fsp3) is 0.257. The zero-order valence-corrected chi connectivity index (χ0v) is 26.5. The average molecular weight is 690 g/mol.